The maximum Gasteiger partial charge on any atom is 0.498 e. The van der Waals surface area contributed by atoms with E-state index in [1.807, 2.05) is 38.6 Å². The van der Waals surface area contributed by atoms with E-state index in [2.05, 4.69) is 5.10 Å². The standard InChI is InChI=1S/C15H25BN2O4/c1-12(19)20-9-7-6-8-18-11-13(10-17-18)16-21-14(2,3)15(4,5)22-16/h10-11H,6-9H2,1-5H3. The number of nitrogens with zero attached hydrogens (tertiary/aromatic N) is 2. The smallest absolute Gasteiger partial charge is 0.466 e. The van der Waals surface area contributed by atoms with E-state index in [1.54, 1.807) is 6.20 Å². The summed E-state index contributed by atoms with van der Waals surface area (Å²) in [6.45, 7) is 10.8. The van der Waals surface area contributed by atoms with Crippen LogP contribution < -0.4 is 5.46 Å². The molecule has 1 fully saturated rings. The fraction of sp³-hybridized carbons (Fsp3) is 0.733. The molecule has 0 spiro atoms. The summed E-state index contributed by atoms with van der Waals surface area (Å²) >= 11 is 0. The van der Waals surface area contributed by atoms with Gasteiger partial charge in [0.1, 0.15) is 0 Å². The summed E-state index contributed by atoms with van der Waals surface area (Å²) in [4.78, 5) is 10.7. The van der Waals surface area contributed by atoms with Crippen LogP contribution in [0.4, 0.5) is 0 Å². The highest BCUT2D eigenvalue weighted by Gasteiger charge is 2.52. The van der Waals surface area contributed by atoms with E-state index < -0.39 is 0 Å². The highest BCUT2D eigenvalue weighted by molar-refractivity contribution is 6.61. The van der Waals surface area contributed by atoms with Gasteiger partial charge in [-0.15, -0.1) is 0 Å². The number of aryl methyl sites for hydroxylation is 1. The first-order chi connectivity index (χ1) is 10.2. The predicted octanol–water partition coefficient (Wildman–Crippen LogP) is 1.53. The van der Waals surface area contributed by atoms with Crippen LogP contribution in [-0.4, -0.2) is 40.7 Å². The molecule has 2 rings (SSSR count). The van der Waals surface area contributed by atoms with E-state index in [0.717, 1.165) is 24.8 Å². The van der Waals surface area contributed by atoms with Crippen molar-refractivity contribution in [3.63, 3.8) is 0 Å². The lowest BCUT2D eigenvalue weighted by molar-refractivity contribution is -0.141. The number of hydrogen-bond donors (Lipinski definition) is 0. The Morgan fingerprint density at radius 1 is 1.27 bits per heavy atom. The number of ether oxygens (including phenoxy) is 1. The van der Waals surface area contributed by atoms with Crippen molar-refractivity contribution < 1.29 is 18.8 Å². The molecule has 22 heavy (non-hydrogen) atoms. The lowest BCUT2D eigenvalue weighted by Gasteiger charge is -2.32. The van der Waals surface area contributed by atoms with Crippen LogP contribution in [-0.2, 0) is 25.4 Å². The first-order valence-electron chi connectivity index (χ1n) is 7.73. The van der Waals surface area contributed by atoms with Gasteiger partial charge in [0.2, 0.25) is 0 Å². The van der Waals surface area contributed by atoms with E-state index in [4.69, 9.17) is 14.0 Å². The second kappa shape index (κ2) is 6.42. The highest BCUT2D eigenvalue weighted by Crippen LogP contribution is 2.36. The summed E-state index contributed by atoms with van der Waals surface area (Å²) < 4.78 is 18.8. The number of carbonyl (C=O) groups excluding carboxylic acids is 1. The van der Waals surface area contributed by atoms with Crippen molar-refractivity contribution in [2.75, 3.05) is 6.61 Å². The summed E-state index contributed by atoms with van der Waals surface area (Å²) in [5.41, 5.74) is 0.242. The molecular formula is C15H25BN2O4. The number of esters is 1. The van der Waals surface area contributed by atoms with Gasteiger partial charge in [-0.1, -0.05) is 0 Å². The van der Waals surface area contributed by atoms with Crippen molar-refractivity contribution in [1.82, 2.24) is 9.78 Å². The molecule has 1 aliphatic heterocycles. The van der Waals surface area contributed by atoms with E-state index in [0.29, 0.717) is 6.61 Å². The van der Waals surface area contributed by atoms with Gasteiger partial charge in [0.05, 0.1) is 17.8 Å². The molecule has 1 aromatic rings. The summed E-state index contributed by atoms with van der Waals surface area (Å²) in [6, 6.07) is 0. The van der Waals surface area contributed by atoms with Crippen LogP contribution in [0.2, 0.25) is 0 Å². The maximum absolute atomic E-state index is 10.7. The van der Waals surface area contributed by atoms with Gasteiger partial charge < -0.3 is 14.0 Å². The van der Waals surface area contributed by atoms with Crippen molar-refractivity contribution in [1.29, 1.82) is 0 Å². The zero-order valence-electron chi connectivity index (χ0n) is 14.1. The summed E-state index contributed by atoms with van der Waals surface area (Å²) in [5, 5.41) is 4.34. The van der Waals surface area contributed by atoms with Gasteiger partial charge in [-0.2, -0.15) is 5.10 Å². The van der Waals surface area contributed by atoms with Crippen molar-refractivity contribution in [2.24, 2.45) is 0 Å². The Labute approximate surface area is 132 Å². The molecule has 0 bridgehead atoms. The number of carbonyl (C=O) groups is 1. The number of rotatable bonds is 6. The van der Waals surface area contributed by atoms with Gasteiger partial charge >= 0.3 is 13.1 Å². The Balaban J connectivity index is 1.84. The minimum Gasteiger partial charge on any atom is -0.466 e. The third-order valence-corrected chi connectivity index (χ3v) is 4.27. The lowest BCUT2D eigenvalue weighted by Crippen LogP contribution is -2.41. The van der Waals surface area contributed by atoms with Crippen LogP contribution in [0.25, 0.3) is 0 Å². The van der Waals surface area contributed by atoms with Gasteiger partial charge in [-0.25, -0.2) is 0 Å². The quantitative estimate of drug-likeness (QED) is 0.453. The molecule has 0 atom stereocenters. The molecule has 7 heteroatoms. The largest absolute Gasteiger partial charge is 0.498 e. The average Bonchev–Trinajstić information content (AvgIpc) is 2.92. The molecular weight excluding hydrogens is 283 g/mol. The molecule has 1 aliphatic rings. The molecule has 0 aromatic carbocycles. The molecule has 0 N–H and O–H groups in total. The van der Waals surface area contributed by atoms with Gasteiger partial charge in [-0.3, -0.25) is 9.48 Å². The summed E-state index contributed by atoms with van der Waals surface area (Å²) in [7, 11) is -0.375. The average molecular weight is 308 g/mol. The third-order valence-electron chi connectivity index (χ3n) is 4.27. The van der Waals surface area contributed by atoms with Crippen molar-refractivity contribution in [3.05, 3.63) is 12.4 Å². The van der Waals surface area contributed by atoms with Crippen LogP contribution in [0, 0.1) is 0 Å². The van der Waals surface area contributed by atoms with Crippen molar-refractivity contribution in [3.8, 4) is 0 Å². The van der Waals surface area contributed by atoms with Gasteiger partial charge in [0.25, 0.3) is 0 Å². The molecule has 2 heterocycles. The zero-order chi connectivity index (χ0) is 16.4. The molecule has 122 valence electrons. The Hall–Kier alpha value is -1.34. The predicted molar refractivity (Wildman–Crippen MR) is 83.8 cm³/mol. The van der Waals surface area contributed by atoms with Crippen LogP contribution in [0.5, 0.6) is 0 Å². The first kappa shape index (κ1) is 17.0. The molecule has 0 aliphatic carbocycles. The fourth-order valence-electron chi connectivity index (χ4n) is 2.19. The minimum atomic E-state index is -0.375. The van der Waals surface area contributed by atoms with Crippen molar-refractivity contribution in [2.45, 2.75) is 65.2 Å². The van der Waals surface area contributed by atoms with Crippen LogP contribution in [0.15, 0.2) is 12.4 Å². The fourth-order valence-corrected chi connectivity index (χ4v) is 2.19. The van der Waals surface area contributed by atoms with Gasteiger partial charge in [0.15, 0.2) is 0 Å². The Morgan fingerprint density at radius 2 is 1.91 bits per heavy atom. The molecule has 6 nitrogen and oxygen atoms in total. The Kier molecular flexibility index (Phi) is 4.97. The second-order valence-corrected chi connectivity index (χ2v) is 6.67. The van der Waals surface area contributed by atoms with E-state index in [9.17, 15) is 4.79 Å². The van der Waals surface area contributed by atoms with Crippen LogP contribution in [0.1, 0.15) is 47.5 Å². The first-order valence-corrected chi connectivity index (χ1v) is 7.73. The van der Waals surface area contributed by atoms with Gasteiger partial charge in [0, 0.05) is 31.3 Å². The SMILES string of the molecule is CC(=O)OCCCCn1cc(B2OC(C)(C)C(C)(C)O2)cn1. The number of hydrogen-bond acceptors (Lipinski definition) is 5. The zero-order valence-corrected chi connectivity index (χ0v) is 14.1. The number of aromatic nitrogens is 2. The highest BCUT2D eigenvalue weighted by atomic mass is 16.7. The Bertz CT molecular complexity index is 511. The Morgan fingerprint density at radius 3 is 2.50 bits per heavy atom. The molecule has 0 saturated carbocycles. The minimum absolute atomic E-state index is 0.234. The summed E-state index contributed by atoms with van der Waals surface area (Å²) in [6.07, 6.45) is 5.46. The normalized spacial score (nSPS) is 19.4. The maximum atomic E-state index is 10.7. The van der Waals surface area contributed by atoms with Crippen molar-refractivity contribution >= 4 is 18.6 Å². The van der Waals surface area contributed by atoms with E-state index in [-0.39, 0.29) is 24.3 Å². The molecule has 0 amide bonds. The van der Waals surface area contributed by atoms with E-state index in [1.165, 1.54) is 6.92 Å². The topological polar surface area (TPSA) is 62.6 Å². The molecule has 1 aromatic heterocycles. The van der Waals surface area contributed by atoms with Gasteiger partial charge in [-0.05, 0) is 40.5 Å². The summed E-state index contributed by atoms with van der Waals surface area (Å²) in [5.74, 6) is -0.234. The monoisotopic (exact) mass is 308 g/mol. The van der Waals surface area contributed by atoms with E-state index >= 15 is 0 Å². The van der Waals surface area contributed by atoms with Crippen LogP contribution in [0.3, 0.4) is 0 Å². The molecule has 0 radical (unpaired) electrons. The lowest BCUT2D eigenvalue weighted by atomic mass is 9.82. The number of unbranched alkanes of at least 4 members (excludes halogenated alkanes) is 1. The third kappa shape index (κ3) is 3.90. The molecule has 0 unspecified atom stereocenters. The second-order valence-electron chi connectivity index (χ2n) is 6.67. The van der Waals surface area contributed by atoms with Crippen LogP contribution >= 0.6 is 0 Å². The molecule has 1 saturated heterocycles.